The topological polar surface area (TPSA) is 41.5 Å². The highest BCUT2D eigenvalue weighted by Gasteiger charge is 2.30. The fourth-order valence-corrected chi connectivity index (χ4v) is 1.72. The molecule has 0 bridgehead atoms. The summed E-state index contributed by atoms with van der Waals surface area (Å²) >= 11 is 0. The van der Waals surface area contributed by atoms with Crippen molar-refractivity contribution in [2.45, 2.75) is 25.6 Å². The molecule has 0 spiro atoms. The van der Waals surface area contributed by atoms with Crippen LogP contribution in [0.2, 0.25) is 0 Å². The number of ether oxygens (including phenoxy) is 1. The number of hydrogen-bond donors (Lipinski definition) is 2. The van der Waals surface area contributed by atoms with Crippen molar-refractivity contribution in [2.75, 3.05) is 26.3 Å². The van der Waals surface area contributed by atoms with E-state index in [1.807, 2.05) is 6.92 Å². The van der Waals surface area contributed by atoms with Gasteiger partial charge in [0.1, 0.15) is 0 Å². The normalized spacial score (nSPS) is 13.4. The number of nitrogens with one attached hydrogen (secondary N) is 1. The molecule has 1 aromatic carbocycles. The van der Waals surface area contributed by atoms with E-state index in [9.17, 15) is 18.3 Å². The first-order chi connectivity index (χ1) is 9.45. The number of alkyl halides is 3. The van der Waals surface area contributed by atoms with Gasteiger partial charge < -0.3 is 15.2 Å². The van der Waals surface area contributed by atoms with Crippen molar-refractivity contribution in [3.8, 4) is 0 Å². The largest absolute Gasteiger partial charge is 0.416 e. The number of rotatable bonds is 8. The van der Waals surface area contributed by atoms with Gasteiger partial charge in [-0.3, -0.25) is 0 Å². The zero-order chi connectivity index (χ0) is 15.0. The molecule has 0 aliphatic carbocycles. The minimum atomic E-state index is -4.39. The number of hydrogen-bond acceptors (Lipinski definition) is 3. The average molecular weight is 291 g/mol. The second kappa shape index (κ2) is 8.24. The van der Waals surface area contributed by atoms with Gasteiger partial charge in [-0.05, 0) is 37.6 Å². The molecule has 1 rings (SSSR count). The molecule has 0 heterocycles. The van der Waals surface area contributed by atoms with Gasteiger partial charge in [0, 0.05) is 19.8 Å². The quantitative estimate of drug-likeness (QED) is 0.724. The van der Waals surface area contributed by atoms with Crippen LogP contribution in [0.1, 0.15) is 30.6 Å². The Morgan fingerprint density at radius 1 is 1.35 bits per heavy atom. The number of aliphatic hydroxyl groups excluding tert-OH is 1. The van der Waals surface area contributed by atoms with E-state index in [2.05, 4.69) is 5.32 Å². The second-order valence-corrected chi connectivity index (χ2v) is 4.39. The van der Waals surface area contributed by atoms with Crippen LogP contribution in [0, 0.1) is 0 Å². The lowest BCUT2D eigenvalue weighted by atomic mass is 10.1. The van der Waals surface area contributed by atoms with Crippen molar-refractivity contribution >= 4 is 0 Å². The Labute approximate surface area is 116 Å². The standard InChI is InChI=1S/C14H20F3NO2/c1-2-20-8-4-7-18-10-13(19)11-5-3-6-12(9-11)14(15,16)17/h3,5-6,9,13,18-19H,2,4,7-8,10H2,1H3. The lowest BCUT2D eigenvalue weighted by molar-refractivity contribution is -0.137. The zero-order valence-electron chi connectivity index (χ0n) is 11.4. The van der Waals surface area contributed by atoms with Crippen molar-refractivity contribution in [2.24, 2.45) is 0 Å². The van der Waals surface area contributed by atoms with Gasteiger partial charge in [-0.25, -0.2) is 0 Å². The first-order valence-electron chi connectivity index (χ1n) is 6.59. The van der Waals surface area contributed by atoms with Crippen molar-refractivity contribution in [3.05, 3.63) is 35.4 Å². The minimum Gasteiger partial charge on any atom is -0.387 e. The van der Waals surface area contributed by atoms with Crippen molar-refractivity contribution in [1.82, 2.24) is 5.32 Å². The maximum Gasteiger partial charge on any atom is 0.416 e. The molecule has 6 heteroatoms. The fourth-order valence-electron chi connectivity index (χ4n) is 1.72. The van der Waals surface area contributed by atoms with Crippen molar-refractivity contribution in [3.63, 3.8) is 0 Å². The first-order valence-corrected chi connectivity index (χ1v) is 6.59. The Balaban J connectivity index is 2.41. The van der Waals surface area contributed by atoms with Crippen molar-refractivity contribution < 1.29 is 23.0 Å². The summed E-state index contributed by atoms with van der Waals surface area (Å²) in [4.78, 5) is 0. The van der Waals surface area contributed by atoms with Crippen LogP contribution in [0.25, 0.3) is 0 Å². The van der Waals surface area contributed by atoms with Crippen LogP contribution in [0.4, 0.5) is 13.2 Å². The molecule has 0 saturated carbocycles. The predicted octanol–water partition coefficient (Wildman–Crippen LogP) is 2.76. The molecule has 1 atom stereocenters. The van der Waals surface area contributed by atoms with Crippen LogP contribution >= 0.6 is 0 Å². The number of benzene rings is 1. The summed E-state index contributed by atoms with van der Waals surface area (Å²) in [5.74, 6) is 0. The molecule has 0 aliphatic rings. The zero-order valence-corrected chi connectivity index (χ0v) is 11.4. The van der Waals surface area contributed by atoms with Gasteiger partial charge >= 0.3 is 6.18 Å². The highest BCUT2D eigenvalue weighted by Crippen LogP contribution is 2.30. The van der Waals surface area contributed by atoms with Crippen LogP contribution in [0.3, 0.4) is 0 Å². The second-order valence-electron chi connectivity index (χ2n) is 4.39. The van der Waals surface area contributed by atoms with Crippen LogP contribution in [-0.4, -0.2) is 31.4 Å². The Bertz CT molecular complexity index is 396. The predicted molar refractivity (Wildman–Crippen MR) is 70.4 cm³/mol. The molecule has 114 valence electrons. The van der Waals surface area contributed by atoms with E-state index in [4.69, 9.17) is 4.74 Å². The lowest BCUT2D eigenvalue weighted by Crippen LogP contribution is -2.23. The van der Waals surface area contributed by atoms with E-state index in [-0.39, 0.29) is 12.1 Å². The van der Waals surface area contributed by atoms with Gasteiger partial charge in [0.15, 0.2) is 0 Å². The molecule has 0 aliphatic heterocycles. The van der Waals surface area contributed by atoms with Crippen LogP contribution in [0.15, 0.2) is 24.3 Å². The van der Waals surface area contributed by atoms with E-state index in [0.717, 1.165) is 18.6 Å². The average Bonchev–Trinajstić information content (AvgIpc) is 2.41. The Kier molecular flexibility index (Phi) is 6.98. The third-order valence-corrected chi connectivity index (χ3v) is 2.78. The Morgan fingerprint density at radius 3 is 2.75 bits per heavy atom. The third-order valence-electron chi connectivity index (χ3n) is 2.78. The molecule has 1 aromatic rings. The van der Waals surface area contributed by atoms with E-state index in [0.29, 0.717) is 19.8 Å². The van der Waals surface area contributed by atoms with Gasteiger partial charge in [0.05, 0.1) is 11.7 Å². The number of halogens is 3. The monoisotopic (exact) mass is 291 g/mol. The van der Waals surface area contributed by atoms with Crippen LogP contribution in [0.5, 0.6) is 0 Å². The Morgan fingerprint density at radius 2 is 2.10 bits per heavy atom. The highest BCUT2D eigenvalue weighted by molar-refractivity contribution is 5.27. The maximum absolute atomic E-state index is 12.5. The molecule has 0 amide bonds. The van der Waals surface area contributed by atoms with E-state index in [1.54, 1.807) is 0 Å². The summed E-state index contributed by atoms with van der Waals surface area (Å²) in [5.41, 5.74) is -0.484. The first kappa shape index (κ1) is 16.9. The summed E-state index contributed by atoms with van der Waals surface area (Å²) in [5, 5.41) is 12.8. The summed E-state index contributed by atoms with van der Waals surface area (Å²) in [6, 6.07) is 4.76. The molecule has 0 radical (unpaired) electrons. The minimum absolute atomic E-state index is 0.216. The molecule has 20 heavy (non-hydrogen) atoms. The summed E-state index contributed by atoms with van der Waals surface area (Å²) < 4.78 is 42.8. The summed E-state index contributed by atoms with van der Waals surface area (Å²) in [6.45, 7) is 4.06. The van der Waals surface area contributed by atoms with Crippen LogP contribution in [-0.2, 0) is 10.9 Å². The third kappa shape index (κ3) is 5.90. The molecule has 3 nitrogen and oxygen atoms in total. The number of aliphatic hydroxyl groups is 1. The maximum atomic E-state index is 12.5. The van der Waals surface area contributed by atoms with E-state index < -0.39 is 17.8 Å². The molecular formula is C14H20F3NO2. The van der Waals surface area contributed by atoms with Gasteiger partial charge in [-0.15, -0.1) is 0 Å². The van der Waals surface area contributed by atoms with Crippen molar-refractivity contribution in [1.29, 1.82) is 0 Å². The fraction of sp³-hybridized carbons (Fsp3) is 0.571. The molecular weight excluding hydrogens is 271 g/mol. The van der Waals surface area contributed by atoms with E-state index in [1.165, 1.54) is 12.1 Å². The Hall–Kier alpha value is -1.11. The van der Waals surface area contributed by atoms with E-state index >= 15 is 0 Å². The molecule has 0 saturated heterocycles. The lowest BCUT2D eigenvalue weighted by Gasteiger charge is -2.14. The smallest absolute Gasteiger partial charge is 0.387 e. The summed E-state index contributed by atoms with van der Waals surface area (Å²) in [6.07, 6.45) is -4.55. The molecule has 1 unspecified atom stereocenters. The van der Waals surface area contributed by atoms with Gasteiger partial charge in [-0.1, -0.05) is 12.1 Å². The molecule has 2 N–H and O–H groups in total. The van der Waals surface area contributed by atoms with Gasteiger partial charge in [0.2, 0.25) is 0 Å². The SMILES string of the molecule is CCOCCCNCC(O)c1cccc(C(F)(F)F)c1. The van der Waals surface area contributed by atoms with Gasteiger partial charge in [-0.2, -0.15) is 13.2 Å². The highest BCUT2D eigenvalue weighted by atomic mass is 19.4. The van der Waals surface area contributed by atoms with Gasteiger partial charge in [0.25, 0.3) is 0 Å². The molecule has 0 aromatic heterocycles. The molecule has 0 fully saturated rings. The summed E-state index contributed by atoms with van der Waals surface area (Å²) in [7, 11) is 0. The van der Waals surface area contributed by atoms with Crippen LogP contribution < -0.4 is 5.32 Å².